The molecule has 1 nitrogen and oxygen atoms in total. The molecule has 0 aliphatic carbocycles. The second-order valence-electron chi connectivity index (χ2n) is 1.95. The van der Waals surface area contributed by atoms with E-state index in [-0.39, 0.29) is 0 Å². The summed E-state index contributed by atoms with van der Waals surface area (Å²) in [5, 5.41) is 3.27. The highest BCUT2D eigenvalue weighted by atomic mass is 35.5. The van der Waals surface area contributed by atoms with Crippen molar-refractivity contribution in [3.05, 3.63) is 0 Å². The Balaban J connectivity index is 2.14. The van der Waals surface area contributed by atoms with E-state index in [1.54, 1.807) is 0 Å². The van der Waals surface area contributed by atoms with Crippen LogP contribution in [0.25, 0.3) is 0 Å². The van der Waals surface area contributed by atoms with Gasteiger partial charge >= 0.3 is 0 Å². The maximum absolute atomic E-state index is 5.55. The van der Waals surface area contributed by atoms with Gasteiger partial charge in [0.2, 0.25) is 0 Å². The van der Waals surface area contributed by atoms with E-state index < -0.39 is 0 Å². The standard InChI is InChI=1S/C5H10ClN/c6-4-5-2-1-3-7-5/h5,7H,1-4H2. The third-order valence-electron chi connectivity index (χ3n) is 1.35. The average Bonchev–Trinajstić information content (AvgIpc) is 2.14. The first-order valence-electron chi connectivity index (χ1n) is 2.73. The fraction of sp³-hybridized carbons (Fsp3) is 1.00. The molecule has 0 aromatic carbocycles. The lowest BCUT2D eigenvalue weighted by molar-refractivity contribution is 0.670. The number of hydrogen-bond donors (Lipinski definition) is 1. The van der Waals surface area contributed by atoms with Crippen LogP contribution in [-0.4, -0.2) is 18.5 Å². The number of rotatable bonds is 1. The molecule has 1 heterocycles. The lowest BCUT2D eigenvalue weighted by atomic mass is 10.3. The molecule has 2 heteroatoms. The molecule has 0 bridgehead atoms. The van der Waals surface area contributed by atoms with Crippen LogP contribution < -0.4 is 5.32 Å². The van der Waals surface area contributed by atoms with E-state index in [4.69, 9.17) is 11.6 Å². The van der Waals surface area contributed by atoms with E-state index in [9.17, 15) is 0 Å². The zero-order chi connectivity index (χ0) is 5.11. The molecule has 1 unspecified atom stereocenters. The zero-order valence-electron chi connectivity index (χ0n) is 4.28. The molecule has 0 amide bonds. The summed E-state index contributed by atoms with van der Waals surface area (Å²) in [5.41, 5.74) is 0. The smallest absolute Gasteiger partial charge is 0.0377 e. The lowest BCUT2D eigenvalue weighted by Crippen LogP contribution is -2.22. The Kier molecular flexibility index (Phi) is 1.95. The second-order valence-corrected chi connectivity index (χ2v) is 2.26. The van der Waals surface area contributed by atoms with Crippen LogP contribution in [0.3, 0.4) is 0 Å². The van der Waals surface area contributed by atoms with Gasteiger partial charge < -0.3 is 5.32 Å². The normalized spacial score (nSPS) is 31.3. The van der Waals surface area contributed by atoms with Gasteiger partial charge in [-0.25, -0.2) is 0 Å². The predicted octanol–water partition coefficient (Wildman–Crippen LogP) is 0.977. The highest BCUT2D eigenvalue weighted by molar-refractivity contribution is 6.18. The summed E-state index contributed by atoms with van der Waals surface area (Å²) in [5.74, 6) is 0.778. The molecule has 0 radical (unpaired) electrons. The van der Waals surface area contributed by atoms with Gasteiger partial charge in [-0.1, -0.05) is 0 Å². The average molecular weight is 120 g/mol. The van der Waals surface area contributed by atoms with Crippen molar-refractivity contribution in [3.63, 3.8) is 0 Å². The van der Waals surface area contributed by atoms with Gasteiger partial charge in [-0.05, 0) is 19.4 Å². The minimum absolute atomic E-state index is 0.613. The van der Waals surface area contributed by atoms with Crippen LogP contribution in [-0.2, 0) is 0 Å². The van der Waals surface area contributed by atoms with Crippen molar-refractivity contribution >= 4 is 11.6 Å². The first-order chi connectivity index (χ1) is 3.43. The first-order valence-corrected chi connectivity index (χ1v) is 3.26. The van der Waals surface area contributed by atoms with Gasteiger partial charge in [0.15, 0.2) is 0 Å². The van der Waals surface area contributed by atoms with Crippen LogP contribution >= 0.6 is 11.6 Å². The van der Waals surface area contributed by atoms with Crippen LogP contribution in [0.4, 0.5) is 0 Å². The summed E-state index contributed by atoms with van der Waals surface area (Å²) in [6, 6.07) is 0.613. The molecule has 0 aromatic heterocycles. The van der Waals surface area contributed by atoms with Crippen LogP contribution in [0.2, 0.25) is 0 Å². The van der Waals surface area contributed by atoms with Crippen molar-refractivity contribution in [2.24, 2.45) is 0 Å². The fourth-order valence-corrected chi connectivity index (χ4v) is 1.15. The molecule has 1 aliphatic rings. The molecule has 1 aliphatic heterocycles. The fourth-order valence-electron chi connectivity index (χ4n) is 0.888. The summed E-state index contributed by atoms with van der Waals surface area (Å²) in [7, 11) is 0. The van der Waals surface area contributed by atoms with E-state index in [2.05, 4.69) is 5.32 Å². The predicted molar refractivity (Wildman–Crippen MR) is 31.7 cm³/mol. The Bertz CT molecular complexity index is 50.0. The molecular weight excluding hydrogens is 110 g/mol. The molecule has 1 fully saturated rings. The van der Waals surface area contributed by atoms with Crippen molar-refractivity contribution in [2.75, 3.05) is 12.4 Å². The molecule has 1 atom stereocenters. The highest BCUT2D eigenvalue weighted by Gasteiger charge is 2.10. The third-order valence-corrected chi connectivity index (χ3v) is 1.72. The van der Waals surface area contributed by atoms with Crippen LogP contribution in [0.15, 0.2) is 0 Å². The van der Waals surface area contributed by atoms with Gasteiger partial charge in [0, 0.05) is 11.9 Å². The Morgan fingerprint density at radius 3 is 2.86 bits per heavy atom. The molecule has 1 rings (SSSR count). The van der Waals surface area contributed by atoms with Crippen molar-refractivity contribution in [1.29, 1.82) is 0 Å². The number of hydrogen-bond acceptors (Lipinski definition) is 1. The molecule has 1 N–H and O–H groups in total. The van der Waals surface area contributed by atoms with E-state index in [1.165, 1.54) is 12.8 Å². The van der Waals surface area contributed by atoms with E-state index in [1.807, 2.05) is 0 Å². The maximum atomic E-state index is 5.55. The quantitative estimate of drug-likeness (QED) is 0.508. The highest BCUT2D eigenvalue weighted by Crippen LogP contribution is 2.04. The van der Waals surface area contributed by atoms with Gasteiger partial charge in [0.1, 0.15) is 0 Å². The third kappa shape index (κ3) is 1.32. The SMILES string of the molecule is ClCC1CCCN1. The van der Waals surface area contributed by atoms with E-state index in [0.717, 1.165) is 12.4 Å². The largest absolute Gasteiger partial charge is 0.313 e. The van der Waals surface area contributed by atoms with E-state index in [0.29, 0.717) is 6.04 Å². The topological polar surface area (TPSA) is 12.0 Å². The van der Waals surface area contributed by atoms with Gasteiger partial charge in [-0.2, -0.15) is 0 Å². The Hall–Kier alpha value is 0.250. The van der Waals surface area contributed by atoms with Crippen LogP contribution in [0.1, 0.15) is 12.8 Å². The molecule has 1 saturated heterocycles. The summed E-state index contributed by atoms with van der Waals surface area (Å²) >= 11 is 5.55. The van der Waals surface area contributed by atoms with E-state index >= 15 is 0 Å². The number of nitrogens with one attached hydrogen (secondary N) is 1. The second kappa shape index (κ2) is 2.53. The number of alkyl halides is 1. The molecule has 42 valence electrons. The minimum Gasteiger partial charge on any atom is -0.313 e. The summed E-state index contributed by atoms with van der Waals surface area (Å²) in [4.78, 5) is 0. The lowest BCUT2D eigenvalue weighted by Gasteiger charge is -2.00. The Labute approximate surface area is 49.0 Å². The summed E-state index contributed by atoms with van der Waals surface area (Å²) in [6.07, 6.45) is 2.57. The maximum Gasteiger partial charge on any atom is 0.0377 e. The minimum atomic E-state index is 0.613. The van der Waals surface area contributed by atoms with Gasteiger partial charge in [-0.15, -0.1) is 11.6 Å². The Morgan fingerprint density at radius 2 is 2.57 bits per heavy atom. The van der Waals surface area contributed by atoms with Crippen LogP contribution in [0, 0.1) is 0 Å². The monoisotopic (exact) mass is 119 g/mol. The molecule has 0 spiro atoms. The molecule has 0 saturated carbocycles. The van der Waals surface area contributed by atoms with Crippen molar-refractivity contribution in [1.82, 2.24) is 5.32 Å². The zero-order valence-corrected chi connectivity index (χ0v) is 5.04. The van der Waals surface area contributed by atoms with Crippen LogP contribution in [0.5, 0.6) is 0 Å². The van der Waals surface area contributed by atoms with Crippen molar-refractivity contribution < 1.29 is 0 Å². The summed E-state index contributed by atoms with van der Waals surface area (Å²) in [6.45, 7) is 1.16. The van der Waals surface area contributed by atoms with Crippen molar-refractivity contribution in [2.45, 2.75) is 18.9 Å². The molecule has 7 heavy (non-hydrogen) atoms. The Morgan fingerprint density at radius 1 is 1.71 bits per heavy atom. The molecule has 0 aromatic rings. The summed E-state index contributed by atoms with van der Waals surface area (Å²) < 4.78 is 0. The molecular formula is C5H10ClN. The number of halogens is 1. The van der Waals surface area contributed by atoms with Crippen molar-refractivity contribution in [3.8, 4) is 0 Å². The van der Waals surface area contributed by atoms with Gasteiger partial charge in [0.25, 0.3) is 0 Å². The van der Waals surface area contributed by atoms with Gasteiger partial charge in [0.05, 0.1) is 0 Å². The van der Waals surface area contributed by atoms with Gasteiger partial charge in [-0.3, -0.25) is 0 Å². The first kappa shape index (κ1) is 5.39.